The Labute approximate surface area is 181 Å². The molecule has 0 aliphatic heterocycles. The highest BCUT2D eigenvalue weighted by Gasteiger charge is 2.29. The minimum Gasteiger partial charge on any atom is -0.497 e. The fourth-order valence-corrected chi connectivity index (χ4v) is 3.12. The number of aliphatic carboxylic acids is 1. The quantitative estimate of drug-likeness (QED) is 0.659. The van der Waals surface area contributed by atoms with Crippen LogP contribution in [-0.2, 0) is 16.0 Å². The standard InChI is InChI=1S/C22H31N3O6/c1-22(2,3)31-21(29)23-17(12-19(26)27)20(28)25-13-14(9-10-24(4)5)16-11-15(30-6)7-8-18(16)25/h7-8,11,13,17H,9-10,12H2,1-6H3,(H,23,29)(H,26,27). The van der Waals surface area contributed by atoms with Gasteiger partial charge in [-0.15, -0.1) is 0 Å². The number of carboxylic acids is 1. The van der Waals surface area contributed by atoms with Gasteiger partial charge in [0.2, 0.25) is 0 Å². The predicted octanol–water partition coefficient (Wildman–Crippen LogP) is 2.76. The number of fused-ring (bicyclic) bond motifs is 1. The van der Waals surface area contributed by atoms with Gasteiger partial charge in [-0.25, -0.2) is 4.79 Å². The first kappa shape index (κ1) is 24.2. The molecular formula is C22H31N3O6. The number of amides is 1. The predicted molar refractivity (Wildman–Crippen MR) is 117 cm³/mol. The zero-order valence-corrected chi connectivity index (χ0v) is 18.9. The molecule has 9 heteroatoms. The lowest BCUT2D eigenvalue weighted by molar-refractivity contribution is -0.137. The molecule has 0 aliphatic carbocycles. The first-order chi connectivity index (χ1) is 14.4. The maximum atomic E-state index is 13.3. The second-order valence-electron chi connectivity index (χ2n) is 8.60. The van der Waals surface area contributed by atoms with Crippen molar-refractivity contribution in [2.75, 3.05) is 27.7 Å². The Hall–Kier alpha value is -3.07. The molecule has 9 nitrogen and oxygen atoms in total. The number of ether oxygens (including phenoxy) is 2. The van der Waals surface area contributed by atoms with Gasteiger partial charge >= 0.3 is 12.1 Å². The second kappa shape index (κ2) is 9.82. The van der Waals surface area contributed by atoms with Crippen molar-refractivity contribution in [3.63, 3.8) is 0 Å². The van der Waals surface area contributed by atoms with Crippen LogP contribution in [0.2, 0.25) is 0 Å². The van der Waals surface area contributed by atoms with Crippen LogP contribution in [0.3, 0.4) is 0 Å². The summed E-state index contributed by atoms with van der Waals surface area (Å²) in [4.78, 5) is 38.9. The largest absolute Gasteiger partial charge is 0.497 e. The number of rotatable bonds is 8. The van der Waals surface area contributed by atoms with Gasteiger partial charge in [-0.3, -0.25) is 14.2 Å². The molecule has 0 bridgehead atoms. The van der Waals surface area contributed by atoms with Crippen molar-refractivity contribution in [1.29, 1.82) is 0 Å². The topological polar surface area (TPSA) is 110 Å². The second-order valence-corrected chi connectivity index (χ2v) is 8.60. The molecule has 170 valence electrons. The molecule has 0 fully saturated rings. The Balaban J connectivity index is 2.44. The van der Waals surface area contributed by atoms with Crippen LogP contribution in [0.5, 0.6) is 5.75 Å². The van der Waals surface area contributed by atoms with E-state index in [4.69, 9.17) is 9.47 Å². The van der Waals surface area contributed by atoms with E-state index in [9.17, 15) is 19.5 Å². The van der Waals surface area contributed by atoms with Crippen molar-refractivity contribution >= 4 is 28.9 Å². The lowest BCUT2D eigenvalue weighted by Gasteiger charge is -2.22. The number of methoxy groups -OCH3 is 1. The van der Waals surface area contributed by atoms with Crippen molar-refractivity contribution in [2.45, 2.75) is 45.3 Å². The highest BCUT2D eigenvalue weighted by atomic mass is 16.6. The number of nitrogens with zero attached hydrogens (tertiary/aromatic N) is 2. The Bertz CT molecular complexity index is 958. The number of aromatic nitrogens is 1. The van der Waals surface area contributed by atoms with E-state index in [0.29, 0.717) is 17.7 Å². The minimum atomic E-state index is -1.29. The van der Waals surface area contributed by atoms with Crippen molar-refractivity contribution < 1.29 is 29.0 Å². The van der Waals surface area contributed by atoms with E-state index in [0.717, 1.165) is 17.5 Å². The smallest absolute Gasteiger partial charge is 0.408 e. The molecule has 0 saturated heterocycles. The molecule has 1 aromatic carbocycles. The molecule has 2 aromatic rings. The first-order valence-electron chi connectivity index (χ1n) is 9.99. The van der Waals surface area contributed by atoms with Crippen LogP contribution in [0.4, 0.5) is 4.79 Å². The molecule has 1 heterocycles. The van der Waals surface area contributed by atoms with Gasteiger partial charge in [0.05, 0.1) is 19.0 Å². The Kier molecular flexibility index (Phi) is 7.67. The number of benzene rings is 1. The lowest BCUT2D eigenvalue weighted by Crippen LogP contribution is -2.46. The van der Waals surface area contributed by atoms with Gasteiger partial charge in [-0.05, 0) is 65.0 Å². The number of carbonyl (C=O) groups excluding carboxylic acids is 2. The number of hydrogen-bond acceptors (Lipinski definition) is 6. The summed E-state index contributed by atoms with van der Waals surface area (Å²) in [7, 11) is 5.48. The minimum absolute atomic E-state index is 0.556. The van der Waals surface area contributed by atoms with E-state index in [1.54, 1.807) is 46.2 Å². The molecule has 2 N–H and O–H groups in total. The maximum absolute atomic E-state index is 13.3. The van der Waals surface area contributed by atoms with Crippen LogP contribution >= 0.6 is 0 Å². The number of carbonyl (C=O) groups is 3. The summed E-state index contributed by atoms with van der Waals surface area (Å²) in [5.74, 6) is -1.11. The van der Waals surface area contributed by atoms with Gasteiger partial charge in [0.1, 0.15) is 17.4 Å². The fourth-order valence-electron chi connectivity index (χ4n) is 3.12. The molecular weight excluding hydrogens is 402 g/mol. The van der Waals surface area contributed by atoms with Crippen molar-refractivity contribution in [3.8, 4) is 5.75 Å². The van der Waals surface area contributed by atoms with Gasteiger partial charge in [0.25, 0.3) is 5.91 Å². The zero-order valence-electron chi connectivity index (χ0n) is 18.9. The van der Waals surface area contributed by atoms with Gasteiger partial charge in [0.15, 0.2) is 0 Å². The monoisotopic (exact) mass is 433 g/mol. The highest BCUT2D eigenvalue weighted by molar-refractivity contribution is 5.99. The number of alkyl carbamates (subject to hydrolysis) is 1. The molecule has 1 atom stereocenters. The van der Waals surface area contributed by atoms with Gasteiger partial charge in [-0.2, -0.15) is 0 Å². The van der Waals surface area contributed by atoms with Gasteiger partial charge in [-0.1, -0.05) is 0 Å². The molecule has 2 rings (SSSR count). The Morgan fingerprint density at radius 3 is 2.45 bits per heavy atom. The van der Waals surface area contributed by atoms with Crippen molar-refractivity contribution in [3.05, 3.63) is 30.0 Å². The summed E-state index contributed by atoms with van der Waals surface area (Å²) < 4.78 is 11.9. The molecule has 1 unspecified atom stereocenters. The first-order valence-corrected chi connectivity index (χ1v) is 9.99. The van der Waals surface area contributed by atoms with Gasteiger partial charge < -0.3 is 24.8 Å². The number of nitrogens with one attached hydrogen (secondary N) is 1. The van der Waals surface area contributed by atoms with Crippen LogP contribution in [0.1, 0.15) is 37.6 Å². The number of carboxylic acid groups (broad SMARTS) is 1. The van der Waals surface area contributed by atoms with Crippen LogP contribution in [0.15, 0.2) is 24.4 Å². The van der Waals surface area contributed by atoms with E-state index in [1.807, 2.05) is 25.1 Å². The highest BCUT2D eigenvalue weighted by Crippen LogP contribution is 2.27. The molecule has 0 radical (unpaired) electrons. The summed E-state index contributed by atoms with van der Waals surface area (Å²) in [6, 6.07) is 4.04. The summed E-state index contributed by atoms with van der Waals surface area (Å²) in [6.07, 6.45) is 0.959. The number of hydrogen-bond donors (Lipinski definition) is 2. The van der Waals surface area contributed by atoms with E-state index in [2.05, 4.69) is 5.32 Å². The zero-order chi connectivity index (χ0) is 23.3. The van der Waals surface area contributed by atoms with Crippen LogP contribution in [0, 0.1) is 0 Å². The molecule has 1 aromatic heterocycles. The van der Waals surface area contributed by atoms with Crippen molar-refractivity contribution in [1.82, 2.24) is 14.8 Å². The molecule has 0 spiro atoms. The molecule has 0 saturated carbocycles. The van der Waals surface area contributed by atoms with E-state index in [1.165, 1.54) is 4.57 Å². The van der Waals surface area contributed by atoms with E-state index < -0.39 is 36.0 Å². The average Bonchev–Trinajstić information content (AvgIpc) is 3.01. The van der Waals surface area contributed by atoms with Crippen LogP contribution in [-0.4, -0.2) is 71.9 Å². The third-order valence-corrected chi connectivity index (χ3v) is 4.53. The Morgan fingerprint density at radius 1 is 1.23 bits per heavy atom. The summed E-state index contributed by atoms with van der Waals surface area (Å²) in [5.41, 5.74) is 0.750. The van der Waals surface area contributed by atoms with Gasteiger partial charge in [0, 0.05) is 18.1 Å². The van der Waals surface area contributed by atoms with Crippen LogP contribution in [0.25, 0.3) is 10.9 Å². The third-order valence-electron chi connectivity index (χ3n) is 4.53. The van der Waals surface area contributed by atoms with Crippen LogP contribution < -0.4 is 10.1 Å². The average molecular weight is 434 g/mol. The van der Waals surface area contributed by atoms with E-state index in [-0.39, 0.29) is 0 Å². The summed E-state index contributed by atoms with van der Waals surface area (Å²) in [5, 5.41) is 12.5. The Morgan fingerprint density at radius 2 is 1.90 bits per heavy atom. The summed E-state index contributed by atoms with van der Waals surface area (Å²) >= 11 is 0. The maximum Gasteiger partial charge on any atom is 0.408 e. The normalized spacial score (nSPS) is 12.6. The third kappa shape index (κ3) is 6.71. The fraction of sp³-hybridized carbons (Fsp3) is 0.500. The molecule has 1 amide bonds. The number of likely N-dealkylation sites (N-methyl/N-ethyl adjacent to an activating group) is 1. The van der Waals surface area contributed by atoms with Crippen molar-refractivity contribution in [2.24, 2.45) is 0 Å². The molecule has 0 aliphatic rings. The lowest BCUT2D eigenvalue weighted by atomic mass is 10.1. The molecule has 31 heavy (non-hydrogen) atoms. The summed E-state index contributed by atoms with van der Waals surface area (Å²) in [6.45, 7) is 5.82. The SMILES string of the molecule is COc1ccc2c(c1)c(CCN(C)C)cn2C(=O)C(CC(=O)O)NC(=O)OC(C)(C)C. The van der Waals surface area contributed by atoms with E-state index >= 15 is 0 Å².